The molecule has 0 radical (unpaired) electrons. The molecule has 70 valence electrons. The van der Waals surface area contributed by atoms with Crippen molar-refractivity contribution in [1.29, 1.82) is 0 Å². The number of amides is 1. The monoisotopic (exact) mass is 195 g/mol. The van der Waals surface area contributed by atoms with Crippen molar-refractivity contribution < 1.29 is 4.79 Å². The van der Waals surface area contributed by atoms with Gasteiger partial charge in [-0.05, 0) is 17.7 Å². The molecule has 1 amide bonds. The van der Waals surface area contributed by atoms with Crippen LogP contribution in [-0.2, 0) is 5.75 Å². The van der Waals surface area contributed by atoms with E-state index < -0.39 is 0 Å². The third-order valence-electron chi connectivity index (χ3n) is 1.76. The standard InChI is InChI=1S/C10H13NOS/c1-11(2)10(12)9-5-3-4-8(6-9)7-13/h3-6,13H,7H2,1-2H3. The third kappa shape index (κ3) is 2.49. The second-order valence-corrected chi connectivity index (χ2v) is 3.37. The third-order valence-corrected chi connectivity index (χ3v) is 2.13. The number of carbonyl (C=O) groups is 1. The van der Waals surface area contributed by atoms with Crippen LogP contribution in [0.2, 0.25) is 0 Å². The smallest absolute Gasteiger partial charge is 0.253 e. The van der Waals surface area contributed by atoms with Gasteiger partial charge in [0.15, 0.2) is 0 Å². The Labute approximate surface area is 84.0 Å². The van der Waals surface area contributed by atoms with Gasteiger partial charge in [-0.1, -0.05) is 12.1 Å². The Morgan fingerprint density at radius 2 is 2.15 bits per heavy atom. The number of thiol groups is 1. The van der Waals surface area contributed by atoms with E-state index in [9.17, 15) is 4.79 Å². The zero-order valence-corrected chi connectivity index (χ0v) is 8.71. The fourth-order valence-electron chi connectivity index (χ4n) is 1.06. The summed E-state index contributed by atoms with van der Waals surface area (Å²) in [5.41, 5.74) is 1.78. The Kier molecular flexibility index (Phi) is 3.37. The summed E-state index contributed by atoms with van der Waals surface area (Å²) >= 11 is 4.15. The van der Waals surface area contributed by atoms with Gasteiger partial charge in [-0.15, -0.1) is 0 Å². The summed E-state index contributed by atoms with van der Waals surface area (Å²) in [6.45, 7) is 0. The van der Waals surface area contributed by atoms with Gasteiger partial charge in [0.05, 0.1) is 0 Å². The zero-order chi connectivity index (χ0) is 9.84. The molecule has 0 aliphatic heterocycles. The van der Waals surface area contributed by atoms with Crippen molar-refractivity contribution in [2.45, 2.75) is 5.75 Å². The van der Waals surface area contributed by atoms with Crippen LogP contribution in [0, 0.1) is 0 Å². The summed E-state index contributed by atoms with van der Waals surface area (Å²) in [6.07, 6.45) is 0. The lowest BCUT2D eigenvalue weighted by Gasteiger charge is -2.10. The van der Waals surface area contributed by atoms with E-state index in [1.807, 2.05) is 24.3 Å². The summed E-state index contributed by atoms with van der Waals surface area (Å²) in [7, 11) is 3.49. The fourth-order valence-corrected chi connectivity index (χ4v) is 1.26. The minimum absolute atomic E-state index is 0.0311. The number of hydrogen-bond donors (Lipinski definition) is 1. The minimum atomic E-state index is 0.0311. The van der Waals surface area contributed by atoms with E-state index in [2.05, 4.69) is 12.6 Å². The van der Waals surface area contributed by atoms with Gasteiger partial charge in [0.1, 0.15) is 0 Å². The predicted molar refractivity (Wildman–Crippen MR) is 57.1 cm³/mol. The molecule has 0 aliphatic rings. The topological polar surface area (TPSA) is 20.3 Å². The molecule has 0 saturated carbocycles. The van der Waals surface area contributed by atoms with Crippen LogP contribution in [-0.4, -0.2) is 24.9 Å². The highest BCUT2D eigenvalue weighted by atomic mass is 32.1. The Morgan fingerprint density at radius 3 is 2.69 bits per heavy atom. The number of carbonyl (C=O) groups excluding carboxylic acids is 1. The number of rotatable bonds is 2. The summed E-state index contributed by atoms with van der Waals surface area (Å²) in [5.74, 6) is 0.692. The van der Waals surface area contributed by atoms with Gasteiger partial charge < -0.3 is 4.90 Å². The molecule has 13 heavy (non-hydrogen) atoms. The predicted octanol–water partition coefficient (Wildman–Crippen LogP) is 1.82. The van der Waals surface area contributed by atoms with Crippen LogP contribution in [0.4, 0.5) is 0 Å². The summed E-state index contributed by atoms with van der Waals surface area (Å²) in [4.78, 5) is 13.1. The Morgan fingerprint density at radius 1 is 1.46 bits per heavy atom. The molecular weight excluding hydrogens is 182 g/mol. The van der Waals surface area contributed by atoms with Crippen LogP contribution in [0.1, 0.15) is 15.9 Å². The minimum Gasteiger partial charge on any atom is -0.345 e. The first-order valence-corrected chi connectivity index (χ1v) is 4.70. The average molecular weight is 195 g/mol. The van der Waals surface area contributed by atoms with Crippen molar-refractivity contribution in [2.24, 2.45) is 0 Å². The number of benzene rings is 1. The van der Waals surface area contributed by atoms with Crippen LogP contribution >= 0.6 is 12.6 Å². The highest BCUT2D eigenvalue weighted by molar-refractivity contribution is 7.79. The van der Waals surface area contributed by atoms with Gasteiger partial charge in [0.25, 0.3) is 5.91 Å². The highest BCUT2D eigenvalue weighted by Gasteiger charge is 2.06. The van der Waals surface area contributed by atoms with Crippen molar-refractivity contribution >= 4 is 18.5 Å². The quantitative estimate of drug-likeness (QED) is 0.714. The Balaban J connectivity index is 2.95. The molecule has 0 unspecified atom stereocenters. The van der Waals surface area contributed by atoms with Crippen molar-refractivity contribution in [3.63, 3.8) is 0 Å². The Bertz CT molecular complexity index is 310. The Hall–Kier alpha value is -0.960. The molecule has 0 N–H and O–H groups in total. The molecule has 0 aliphatic carbocycles. The van der Waals surface area contributed by atoms with E-state index >= 15 is 0 Å². The lowest BCUT2D eigenvalue weighted by molar-refractivity contribution is 0.0827. The van der Waals surface area contributed by atoms with E-state index in [1.165, 1.54) is 0 Å². The molecule has 1 aromatic carbocycles. The molecule has 0 heterocycles. The molecule has 0 aromatic heterocycles. The summed E-state index contributed by atoms with van der Waals surface area (Å²) in [6, 6.07) is 7.52. The number of nitrogens with zero attached hydrogens (tertiary/aromatic N) is 1. The zero-order valence-electron chi connectivity index (χ0n) is 7.82. The van der Waals surface area contributed by atoms with Crippen LogP contribution in [0.15, 0.2) is 24.3 Å². The lowest BCUT2D eigenvalue weighted by atomic mass is 10.1. The number of hydrogen-bond acceptors (Lipinski definition) is 2. The second-order valence-electron chi connectivity index (χ2n) is 3.06. The fraction of sp³-hybridized carbons (Fsp3) is 0.300. The SMILES string of the molecule is CN(C)C(=O)c1cccc(CS)c1. The van der Waals surface area contributed by atoms with Crippen LogP contribution in [0.5, 0.6) is 0 Å². The normalized spacial score (nSPS) is 9.77. The van der Waals surface area contributed by atoms with Gasteiger partial charge in [0.2, 0.25) is 0 Å². The molecule has 0 atom stereocenters. The maximum Gasteiger partial charge on any atom is 0.253 e. The van der Waals surface area contributed by atoms with Crippen molar-refractivity contribution in [1.82, 2.24) is 4.90 Å². The molecule has 0 fully saturated rings. The largest absolute Gasteiger partial charge is 0.345 e. The molecule has 0 bridgehead atoms. The van der Waals surface area contributed by atoms with E-state index in [4.69, 9.17) is 0 Å². The first kappa shape index (κ1) is 10.1. The molecule has 0 saturated heterocycles. The molecule has 1 aromatic rings. The van der Waals surface area contributed by atoms with E-state index in [1.54, 1.807) is 19.0 Å². The maximum absolute atomic E-state index is 11.5. The van der Waals surface area contributed by atoms with E-state index in [0.717, 1.165) is 11.1 Å². The maximum atomic E-state index is 11.5. The highest BCUT2D eigenvalue weighted by Crippen LogP contribution is 2.08. The van der Waals surface area contributed by atoms with Crippen molar-refractivity contribution in [3.05, 3.63) is 35.4 Å². The molecule has 2 nitrogen and oxygen atoms in total. The van der Waals surface area contributed by atoms with E-state index in [0.29, 0.717) is 5.75 Å². The van der Waals surface area contributed by atoms with Crippen LogP contribution < -0.4 is 0 Å². The lowest BCUT2D eigenvalue weighted by Crippen LogP contribution is -2.21. The summed E-state index contributed by atoms with van der Waals surface area (Å²) in [5, 5.41) is 0. The average Bonchev–Trinajstić information content (AvgIpc) is 2.16. The van der Waals surface area contributed by atoms with Crippen molar-refractivity contribution in [3.8, 4) is 0 Å². The van der Waals surface area contributed by atoms with Gasteiger partial charge >= 0.3 is 0 Å². The molecule has 3 heteroatoms. The second kappa shape index (κ2) is 4.33. The molecular formula is C10H13NOS. The van der Waals surface area contributed by atoms with Crippen molar-refractivity contribution in [2.75, 3.05) is 14.1 Å². The van der Waals surface area contributed by atoms with Crippen LogP contribution in [0.25, 0.3) is 0 Å². The van der Waals surface area contributed by atoms with Gasteiger partial charge in [-0.2, -0.15) is 12.6 Å². The molecule has 0 spiro atoms. The first-order valence-electron chi connectivity index (χ1n) is 4.06. The first-order chi connectivity index (χ1) is 6.15. The van der Waals surface area contributed by atoms with Crippen LogP contribution in [0.3, 0.4) is 0 Å². The van der Waals surface area contributed by atoms with Gasteiger partial charge in [-0.25, -0.2) is 0 Å². The van der Waals surface area contributed by atoms with E-state index in [-0.39, 0.29) is 5.91 Å². The van der Waals surface area contributed by atoms with Gasteiger partial charge in [-0.3, -0.25) is 4.79 Å². The molecule has 1 rings (SSSR count). The van der Waals surface area contributed by atoms with Gasteiger partial charge in [0, 0.05) is 25.4 Å². The summed E-state index contributed by atoms with van der Waals surface area (Å²) < 4.78 is 0.